The second kappa shape index (κ2) is 6.86. The fraction of sp³-hybridized carbons (Fsp3) is 0.353. The molecule has 0 radical (unpaired) electrons. The quantitative estimate of drug-likeness (QED) is 0.701. The molecular weight excluding hydrogens is 342 g/mol. The van der Waals surface area contributed by atoms with Gasteiger partial charge in [0.15, 0.2) is 0 Å². The number of hydrogen-bond acceptors (Lipinski definition) is 5. The van der Waals surface area contributed by atoms with Gasteiger partial charge in [0.1, 0.15) is 4.83 Å². The minimum absolute atomic E-state index is 0.0219. The summed E-state index contributed by atoms with van der Waals surface area (Å²) in [6.45, 7) is 4.89. The fourth-order valence-corrected chi connectivity index (χ4v) is 4.31. The maximum Gasteiger partial charge on any atom is 0.262 e. The van der Waals surface area contributed by atoms with Crippen LogP contribution in [-0.2, 0) is 17.9 Å². The predicted octanol–water partition coefficient (Wildman–Crippen LogP) is 3.19. The molecule has 7 heteroatoms. The molecule has 0 saturated heterocycles. The van der Waals surface area contributed by atoms with E-state index in [1.165, 1.54) is 11.3 Å². The monoisotopic (exact) mass is 361 g/mol. The van der Waals surface area contributed by atoms with Crippen molar-refractivity contribution < 1.29 is 4.79 Å². The summed E-state index contributed by atoms with van der Waals surface area (Å²) >= 11 is 3.17. The molecule has 0 fully saturated rings. The highest BCUT2D eigenvalue weighted by atomic mass is 32.1. The highest BCUT2D eigenvalue weighted by Crippen LogP contribution is 2.25. The predicted molar refractivity (Wildman–Crippen MR) is 98.8 cm³/mol. The number of carbonyl (C=O) groups is 1. The lowest BCUT2D eigenvalue weighted by atomic mass is 10.2. The number of carbonyl (C=O) groups excluding carboxylic acids is 1. The van der Waals surface area contributed by atoms with Crippen molar-refractivity contribution in [3.63, 3.8) is 0 Å². The first-order valence-corrected chi connectivity index (χ1v) is 9.38. The average Bonchev–Trinajstić information content (AvgIpc) is 3.15. The van der Waals surface area contributed by atoms with Crippen molar-refractivity contribution in [3.05, 3.63) is 49.5 Å². The van der Waals surface area contributed by atoms with Crippen molar-refractivity contribution in [2.24, 2.45) is 0 Å². The lowest BCUT2D eigenvalue weighted by molar-refractivity contribution is -0.130. The Morgan fingerprint density at radius 1 is 1.38 bits per heavy atom. The Morgan fingerprint density at radius 3 is 2.88 bits per heavy atom. The highest BCUT2D eigenvalue weighted by molar-refractivity contribution is 7.18. The van der Waals surface area contributed by atoms with Gasteiger partial charge in [0.2, 0.25) is 5.91 Å². The van der Waals surface area contributed by atoms with E-state index in [1.54, 1.807) is 34.2 Å². The van der Waals surface area contributed by atoms with Gasteiger partial charge in [0.05, 0.1) is 18.3 Å². The second-order valence-corrected chi connectivity index (χ2v) is 8.02. The standard InChI is InChI=1S/C17H19N3O2S2/c1-11-12(2)24-16-15(11)17(22)20(10-18-16)7-6-14(21)19(3)9-13-5-4-8-23-13/h4-5,8,10H,6-7,9H2,1-3H3. The van der Waals surface area contributed by atoms with E-state index in [9.17, 15) is 9.59 Å². The van der Waals surface area contributed by atoms with Crippen LogP contribution in [0.5, 0.6) is 0 Å². The van der Waals surface area contributed by atoms with Gasteiger partial charge in [-0.3, -0.25) is 14.2 Å². The highest BCUT2D eigenvalue weighted by Gasteiger charge is 2.14. The molecule has 0 aliphatic heterocycles. The first-order chi connectivity index (χ1) is 11.5. The zero-order valence-corrected chi connectivity index (χ0v) is 15.5. The van der Waals surface area contributed by atoms with Crippen molar-refractivity contribution >= 4 is 38.8 Å². The summed E-state index contributed by atoms with van der Waals surface area (Å²) in [5.41, 5.74) is 0.929. The smallest absolute Gasteiger partial charge is 0.262 e. The summed E-state index contributed by atoms with van der Waals surface area (Å²) in [5.74, 6) is 0.0219. The van der Waals surface area contributed by atoms with E-state index < -0.39 is 0 Å². The van der Waals surface area contributed by atoms with Crippen LogP contribution in [0.25, 0.3) is 10.2 Å². The summed E-state index contributed by atoms with van der Waals surface area (Å²) < 4.78 is 1.54. The zero-order chi connectivity index (χ0) is 17.3. The van der Waals surface area contributed by atoms with Crippen LogP contribution in [0.1, 0.15) is 21.7 Å². The fourth-order valence-electron chi connectivity index (χ4n) is 2.56. The van der Waals surface area contributed by atoms with Crippen LogP contribution in [0.4, 0.5) is 0 Å². The van der Waals surface area contributed by atoms with E-state index in [1.807, 2.05) is 31.4 Å². The Morgan fingerprint density at radius 2 is 2.17 bits per heavy atom. The van der Waals surface area contributed by atoms with Crippen molar-refractivity contribution in [2.45, 2.75) is 33.4 Å². The van der Waals surface area contributed by atoms with Crippen LogP contribution in [0.3, 0.4) is 0 Å². The van der Waals surface area contributed by atoms with Crippen LogP contribution in [-0.4, -0.2) is 27.4 Å². The molecule has 3 rings (SSSR count). The summed E-state index contributed by atoms with van der Waals surface area (Å²) in [6, 6.07) is 3.99. The third kappa shape index (κ3) is 3.27. The Labute approximate surface area is 148 Å². The summed E-state index contributed by atoms with van der Waals surface area (Å²) in [7, 11) is 1.79. The molecule has 0 bridgehead atoms. The molecule has 3 aromatic rings. The molecule has 1 amide bonds. The lowest BCUT2D eigenvalue weighted by Gasteiger charge is -2.16. The number of thiophene rings is 2. The molecule has 0 aliphatic carbocycles. The van der Waals surface area contributed by atoms with Gasteiger partial charge < -0.3 is 4.90 Å². The van der Waals surface area contributed by atoms with Crippen LogP contribution in [0, 0.1) is 13.8 Å². The van der Waals surface area contributed by atoms with Crippen molar-refractivity contribution in [3.8, 4) is 0 Å². The first kappa shape index (κ1) is 16.9. The normalized spacial score (nSPS) is 11.1. The van der Waals surface area contributed by atoms with Gasteiger partial charge in [0.25, 0.3) is 5.56 Å². The van der Waals surface area contributed by atoms with Crippen molar-refractivity contribution in [1.82, 2.24) is 14.5 Å². The van der Waals surface area contributed by atoms with E-state index in [0.29, 0.717) is 18.5 Å². The third-order valence-corrected chi connectivity index (χ3v) is 6.10. The van der Waals surface area contributed by atoms with Gasteiger partial charge in [-0.25, -0.2) is 4.98 Å². The summed E-state index contributed by atoms with van der Waals surface area (Å²) in [5, 5.41) is 2.68. The molecule has 0 unspecified atom stereocenters. The Hall–Kier alpha value is -1.99. The Balaban J connectivity index is 1.71. The van der Waals surface area contributed by atoms with Gasteiger partial charge in [0, 0.05) is 29.8 Å². The second-order valence-electron chi connectivity index (χ2n) is 5.79. The number of amides is 1. The van der Waals surface area contributed by atoms with E-state index in [2.05, 4.69) is 4.98 Å². The molecule has 0 aliphatic rings. The van der Waals surface area contributed by atoms with Crippen LogP contribution >= 0.6 is 22.7 Å². The summed E-state index contributed by atoms with van der Waals surface area (Å²) in [4.78, 5) is 34.0. The van der Waals surface area contributed by atoms with Gasteiger partial charge in [-0.2, -0.15) is 0 Å². The first-order valence-electron chi connectivity index (χ1n) is 7.69. The summed E-state index contributed by atoms with van der Waals surface area (Å²) in [6.07, 6.45) is 1.84. The van der Waals surface area contributed by atoms with E-state index in [0.717, 1.165) is 20.1 Å². The Bertz CT molecular complexity index is 925. The van der Waals surface area contributed by atoms with Crippen LogP contribution in [0.2, 0.25) is 0 Å². The molecule has 3 aromatic heterocycles. The minimum Gasteiger partial charge on any atom is -0.341 e. The maximum absolute atomic E-state index is 12.6. The van der Waals surface area contributed by atoms with E-state index >= 15 is 0 Å². The number of aryl methyl sites for hydroxylation is 3. The largest absolute Gasteiger partial charge is 0.341 e. The molecule has 126 valence electrons. The molecule has 0 aromatic carbocycles. The molecule has 5 nitrogen and oxygen atoms in total. The molecule has 0 saturated carbocycles. The maximum atomic E-state index is 12.6. The molecule has 3 heterocycles. The van der Waals surface area contributed by atoms with Crippen LogP contribution < -0.4 is 5.56 Å². The van der Waals surface area contributed by atoms with E-state index in [-0.39, 0.29) is 17.9 Å². The van der Waals surface area contributed by atoms with Crippen molar-refractivity contribution in [2.75, 3.05) is 7.05 Å². The van der Waals surface area contributed by atoms with E-state index in [4.69, 9.17) is 0 Å². The number of rotatable bonds is 5. The topological polar surface area (TPSA) is 55.2 Å². The SMILES string of the molecule is Cc1sc2ncn(CCC(=O)N(C)Cc3cccs3)c(=O)c2c1C. The molecule has 0 atom stereocenters. The number of hydrogen-bond donors (Lipinski definition) is 0. The average molecular weight is 361 g/mol. The number of fused-ring (bicyclic) bond motifs is 1. The minimum atomic E-state index is -0.0597. The zero-order valence-electron chi connectivity index (χ0n) is 13.9. The van der Waals surface area contributed by atoms with Crippen LogP contribution in [0.15, 0.2) is 28.6 Å². The van der Waals surface area contributed by atoms with Crippen molar-refractivity contribution in [1.29, 1.82) is 0 Å². The molecule has 0 spiro atoms. The molecule has 24 heavy (non-hydrogen) atoms. The van der Waals surface area contributed by atoms with Gasteiger partial charge in [-0.15, -0.1) is 22.7 Å². The number of aromatic nitrogens is 2. The molecule has 0 N–H and O–H groups in total. The van der Waals surface area contributed by atoms with Gasteiger partial charge >= 0.3 is 0 Å². The molecular formula is C17H19N3O2S2. The number of nitrogens with zero attached hydrogens (tertiary/aromatic N) is 3. The third-order valence-electron chi connectivity index (χ3n) is 4.12. The van der Waals surface area contributed by atoms with Gasteiger partial charge in [-0.1, -0.05) is 6.07 Å². The van der Waals surface area contributed by atoms with Gasteiger partial charge in [-0.05, 0) is 30.9 Å². The Kier molecular flexibility index (Phi) is 4.82. The lowest BCUT2D eigenvalue weighted by Crippen LogP contribution is -2.29.